The van der Waals surface area contributed by atoms with E-state index in [0.717, 1.165) is 51.4 Å². The lowest BCUT2D eigenvalue weighted by atomic mass is 9.76. The van der Waals surface area contributed by atoms with Crippen LogP contribution in [0, 0.1) is 0 Å². The van der Waals surface area contributed by atoms with E-state index in [9.17, 15) is 15.4 Å². The van der Waals surface area contributed by atoms with Crippen molar-refractivity contribution in [1.29, 1.82) is 0 Å². The van der Waals surface area contributed by atoms with Crippen molar-refractivity contribution >= 4 is 0 Å². The lowest BCUT2D eigenvalue weighted by molar-refractivity contribution is -0.226. The number of aliphatic hydroxyl groups is 2. The van der Waals surface area contributed by atoms with E-state index in [-0.39, 0.29) is 23.3 Å². The third-order valence-corrected chi connectivity index (χ3v) is 5.65. The van der Waals surface area contributed by atoms with Crippen LogP contribution in [-0.4, -0.2) is 43.8 Å². The average molecular weight is 267 g/mol. The minimum atomic E-state index is -0.272. The molecule has 1 aliphatic heterocycles. The predicted molar refractivity (Wildman–Crippen MR) is 71.8 cm³/mol. The summed E-state index contributed by atoms with van der Waals surface area (Å²) in [5.41, 5.74) is 0.714. The topological polar surface area (TPSA) is 63.9 Å². The van der Waals surface area contributed by atoms with Crippen LogP contribution in [0.2, 0.25) is 0 Å². The van der Waals surface area contributed by atoms with Gasteiger partial charge in [-0.1, -0.05) is 11.6 Å². The fraction of sp³-hybridized carbons (Fsp3) is 0.867. The fourth-order valence-corrected chi connectivity index (χ4v) is 4.34. The Morgan fingerprint density at radius 2 is 1.47 bits per heavy atom. The zero-order valence-electron chi connectivity index (χ0n) is 11.7. The van der Waals surface area contributed by atoms with Gasteiger partial charge in [-0.15, -0.1) is 0 Å². The number of hydrogen-bond acceptors (Lipinski definition) is 4. The van der Waals surface area contributed by atoms with E-state index in [1.165, 1.54) is 5.57 Å². The van der Waals surface area contributed by atoms with Gasteiger partial charge in [0.25, 0.3) is 0 Å². The number of rotatable bonds is 0. The van der Waals surface area contributed by atoms with E-state index in [1.54, 1.807) is 5.06 Å². The first-order chi connectivity index (χ1) is 8.98. The Kier molecular flexibility index (Phi) is 3.25. The molecule has 0 aromatic rings. The van der Waals surface area contributed by atoms with Crippen LogP contribution in [0.3, 0.4) is 0 Å². The maximum absolute atomic E-state index is 10.8. The van der Waals surface area contributed by atoms with Crippen LogP contribution in [0.1, 0.15) is 58.3 Å². The molecule has 4 nitrogen and oxygen atoms in total. The van der Waals surface area contributed by atoms with Gasteiger partial charge >= 0.3 is 0 Å². The number of aliphatic hydroxyl groups excluding tert-OH is 2. The molecule has 0 saturated heterocycles. The van der Waals surface area contributed by atoms with Crippen molar-refractivity contribution in [3.8, 4) is 0 Å². The third kappa shape index (κ3) is 1.97. The molecule has 0 bridgehead atoms. The quantitative estimate of drug-likeness (QED) is 0.587. The molecule has 2 spiro atoms. The Labute approximate surface area is 114 Å². The van der Waals surface area contributed by atoms with Crippen molar-refractivity contribution in [2.24, 2.45) is 0 Å². The molecule has 2 aliphatic carbocycles. The molecule has 3 N–H and O–H groups in total. The summed E-state index contributed by atoms with van der Waals surface area (Å²) >= 11 is 0. The van der Waals surface area contributed by atoms with E-state index >= 15 is 0 Å². The van der Waals surface area contributed by atoms with Crippen molar-refractivity contribution in [2.75, 3.05) is 0 Å². The Bertz CT molecular complexity index is 377. The van der Waals surface area contributed by atoms with Crippen LogP contribution in [-0.2, 0) is 0 Å². The predicted octanol–water partition coefficient (Wildman–Crippen LogP) is 1.98. The Balaban J connectivity index is 1.85. The maximum Gasteiger partial charge on any atom is 0.0678 e. The monoisotopic (exact) mass is 267 g/mol. The lowest BCUT2D eigenvalue weighted by Crippen LogP contribution is -2.57. The second-order valence-corrected chi connectivity index (χ2v) is 6.74. The number of nitrogens with zero attached hydrogens (tertiary/aromatic N) is 1. The van der Waals surface area contributed by atoms with Gasteiger partial charge in [-0.2, -0.15) is 5.06 Å². The van der Waals surface area contributed by atoms with Crippen molar-refractivity contribution in [2.45, 2.75) is 81.6 Å². The summed E-state index contributed by atoms with van der Waals surface area (Å²) < 4.78 is 0. The van der Waals surface area contributed by atoms with Gasteiger partial charge in [-0.05, 0) is 58.3 Å². The molecule has 2 saturated carbocycles. The average Bonchev–Trinajstić information content (AvgIpc) is 2.59. The van der Waals surface area contributed by atoms with Gasteiger partial charge in [0, 0.05) is 0 Å². The van der Waals surface area contributed by atoms with Crippen LogP contribution in [0.15, 0.2) is 11.6 Å². The first-order valence-corrected chi connectivity index (χ1v) is 7.54. The number of hydroxylamine groups is 2. The second kappa shape index (κ2) is 4.55. The normalized spacial score (nSPS) is 47.9. The molecule has 2 fully saturated rings. The van der Waals surface area contributed by atoms with Gasteiger partial charge in [0.2, 0.25) is 0 Å². The summed E-state index contributed by atoms with van der Waals surface area (Å²) in [6.45, 7) is 2.11. The molecule has 0 radical (unpaired) electrons. The van der Waals surface area contributed by atoms with Gasteiger partial charge < -0.3 is 15.4 Å². The minimum Gasteiger partial charge on any atom is -0.393 e. The molecule has 19 heavy (non-hydrogen) atoms. The van der Waals surface area contributed by atoms with Gasteiger partial charge in [0.15, 0.2) is 0 Å². The van der Waals surface area contributed by atoms with Crippen LogP contribution < -0.4 is 0 Å². The van der Waals surface area contributed by atoms with E-state index in [0.29, 0.717) is 0 Å². The van der Waals surface area contributed by atoms with E-state index in [4.69, 9.17) is 0 Å². The van der Waals surface area contributed by atoms with Gasteiger partial charge in [-0.3, -0.25) is 0 Å². The highest BCUT2D eigenvalue weighted by atomic mass is 16.5. The van der Waals surface area contributed by atoms with Crippen LogP contribution in [0.25, 0.3) is 0 Å². The largest absolute Gasteiger partial charge is 0.393 e. The first-order valence-electron chi connectivity index (χ1n) is 7.54. The molecular weight excluding hydrogens is 242 g/mol. The molecule has 3 aliphatic rings. The molecule has 4 heteroatoms. The lowest BCUT2D eigenvalue weighted by Gasteiger charge is -2.48. The minimum absolute atomic E-state index is 0.211. The molecule has 0 aromatic heterocycles. The molecule has 3 rings (SSSR count). The van der Waals surface area contributed by atoms with Gasteiger partial charge in [0.05, 0.1) is 23.3 Å². The molecule has 0 unspecified atom stereocenters. The smallest absolute Gasteiger partial charge is 0.0678 e. The fourth-order valence-electron chi connectivity index (χ4n) is 4.34. The third-order valence-electron chi connectivity index (χ3n) is 5.65. The van der Waals surface area contributed by atoms with E-state index < -0.39 is 0 Å². The Morgan fingerprint density at radius 1 is 1.00 bits per heavy atom. The molecule has 108 valence electrons. The van der Waals surface area contributed by atoms with Crippen LogP contribution in [0.4, 0.5) is 0 Å². The highest BCUT2D eigenvalue weighted by Crippen LogP contribution is 2.51. The molecular formula is C15H25NO3. The summed E-state index contributed by atoms with van der Waals surface area (Å²) in [5, 5.41) is 31.8. The second-order valence-electron chi connectivity index (χ2n) is 6.74. The highest BCUT2D eigenvalue weighted by molar-refractivity contribution is 5.33. The van der Waals surface area contributed by atoms with E-state index in [2.05, 4.69) is 13.0 Å². The summed E-state index contributed by atoms with van der Waals surface area (Å²) in [6, 6.07) is 0. The molecule has 0 atom stereocenters. The van der Waals surface area contributed by atoms with Crippen molar-refractivity contribution in [3.05, 3.63) is 11.6 Å². The van der Waals surface area contributed by atoms with Crippen LogP contribution >= 0.6 is 0 Å². The molecule has 0 aromatic carbocycles. The van der Waals surface area contributed by atoms with Crippen molar-refractivity contribution < 1.29 is 15.4 Å². The standard InChI is InChI=1S/C15H25NO3/c1-11-10-14(6-2-12(17)3-7-14)16(19)15(11)8-4-13(18)5-9-15/h10,12-13,17-19H,2-9H2,1H3. The first kappa shape index (κ1) is 13.6. The SMILES string of the molecule is CC1=CC2(CCC(O)CC2)N(O)C12CCC(O)CC2. The number of hydrogen-bond donors (Lipinski definition) is 3. The summed E-state index contributed by atoms with van der Waals surface area (Å²) in [7, 11) is 0. The molecule has 0 amide bonds. The van der Waals surface area contributed by atoms with Gasteiger partial charge in [0.1, 0.15) is 0 Å². The Morgan fingerprint density at radius 3 is 2.00 bits per heavy atom. The van der Waals surface area contributed by atoms with Gasteiger partial charge in [-0.25, -0.2) is 0 Å². The highest BCUT2D eigenvalue weighted by Gasteiger charge is 2.55. The summed E-state index contributed by atoms with van der Waals surface area (Å²) in [4.78, 5) is 0. The zero-order valence-corrected chi connectivity index (χ0v) is 11.7. The van der Waals surface area contributed by atoms with E-state index in [1.807, 2.05) is 0 Å². The Hall–Kier alpha value is -0.420. The van der Waals surface area contributed by atoms with Crippen molar-refractivity contribution in [3.63, 3.8) is 0 Å². The van der Waals surface area contributed by atoms with Crippen LogP contribution in [0.5, 0.6) is 0 Å². The maximum atomic E-state index is 10.8. The van der Waals surface area contributed by atoms with Crippen molar-refractivity contribution in [1.82, 2.24) is 5.06 Å². The summed E-state index contributed by atoms with van der Waals surface area (Å²) in [6.07, 6.45) is 8.18. The zero-order chi connectivity index (χ0) is 13.7. The summed E-state index contributed by atoms with van der Waals surface area (Å²) in [5.74, 6) is 0. The molecule has 1 heterocycles.